The van der Waals surface area contributed by atoms with E-state index in [-0.39, 0.29) is 0 Å². The van der Waals surface area contributed by atoms with Gasteiger partial charge in [0.1, 0.15) is 0 Å². The van der Waals surface area contributed by atoms with Crippen LogP contribution >= 0.6 is 0 Å². The fourth-order valence-electron chi connectivity index (χ4n) is 6.25. The van der Waals surface area contributed by atoms with Gasteiger partial charge < -0.3 is 0 Å². The van der Waals surface area contributed by atoms with E-state index in [9.17, 15) is 0 Å². The van der Waals surface area contributed by atoms with E-state index in [0.717, 1.165) is 6.42 Å². The molecule has 0 aliphatic heterocycles. The highest BCUT2D eigenvalue weighted by Crippen LogP contribution is 2.54. The largest absolute Gasteiger partial charge is 0.0807 e. The Hall–Kier alpha value is -5.46. The first-order chi connectivity index (χ1) is 21.4. The molecular weight excluding hydrogens is 516 g/mol. The molecule has 0 spiro atoms. The van der Waals surface area contributed by atoms with Gasteiger partial charge in [0.05, 0.1) is 0 Å². The summed E-state index contributed by atoms with van der Waals surface area (Å²) in [5.41, 5.74) is 14.7. The molecule has 0 aromatic heterocycles. The van der Waals surface area contributed by atoms with Crippen molar-refractivity contribution in [1.82, 2.24) is 0 Å². The number of benzene rings is 6. The van der Waals surface area contributed by atoms with Gasteiger partial charge in [-0.05, 0) is 73.2 Å². The number of hydrogen-bond donors (Lipinski definition) is 0. The summed E-state index contributed by atoms with van der Waals surface area (Å²) in [5, 5.41) is 0. The maximum atomic E-state index is 2.31. The molecule has 0 heteroatoms. The van der Waals surface area contributed by atoms with Crippen molar-refractivity contribution in [3.8, 4) is 55.6 Å². The minimum absolute atomic E-state index is 0.917. The highest BCUT2D eigenvalue weighted by Gasteiger charge is 2.29. The summed E-state index contributed by atoms with van der Waals surface area (Å²) in [7, 11) is 0. The molecule has 0 heterocycles. The van der Waals surface area contributed by atoms with Crippen LogP contribution < -0.4 is 0 Å². The van der Waals surface area contributed by atoms with Gasteiger partial charge in [-0.1, -0.05) is 182 Å². The van der Waals surface area contributed by atoms with E-state index in [0.29, 0.717) is 0 Å². The first kappa shape index (κ1) is 26.4. The van der Waals surface area contributed by atoms with E-state index in [1.807, 2.05) is 0 Å². The first-order valence-corrected chi connectivity index (χ1v) is 14.9. The fourth-order valence-corrected chi connectivity index (χ4v) is 6.25. The summed E-state index contributed by atoms with van der Waals surface area (Å²) in [4.78, 5) is 0. The zero-order valence-electron chi connectivity index (χ0n) is 24.0. The van der Waals surface area contributed by atoms with Gasteiger partial charge in [-0.2, -0.15) is 0 Å². The SMILES string of the molecule is C1=CCC=CC(c2c(-c3ccccc3)c(-c3ccccc3)c(-c3ccccc3)c(-c3ccccc3)c2-c2ccccc2)=C1. The molecule has 0 atom stereocenters. The van der Waals surface area contributed by atoms with E-state index >= 15 is 0 Å². The average molecular weight is 549 g/mol. The maximum Gasteiger partial charge on any atom is -0.00139 e. The molecule has 0 fully saturated rings. The molecule has 6 aromatic carbocycles. The standard InChI is InChI=1S/C43H32/c1-2-9-21-32(20-8-1)38-39(33-22-10-3-11-23-33)41(35-26-14-5-15-27-35)43(37-30-18-7-19-31-37)42(36-28-16-6-17-29-36)40(38)34-24-12-4-13-25-34/h1,3-31H,2H2. The molecule has 0 bridgehead atoms. The van der Waals surface area contributed by atoms with E-state index in [1.165, 1.54) is 66.8 Å². The lowest BCUT2D eigenvalue weighted by molar-refractivity contribution is 1.41. The van der Waals surface area contributed by atoms with Gasteiger partial charge in [-0.25, -0.2) is 0 Å². The van der Waals surface area contributed by atoms with E-state index < -0.39 is 0 Å². The molecule has 0 saturated carbocycles. The molecular formula is C43H32. The molecule has 1 aliphatic carbocycles. The summed E-state index contributed by atoms with van der Waals surface area (Å²) in [6.45, 7) is 0. The van der Waals surface area contributed by atoms with Gasteiger partial charge in [0.2, 0.25) is 0 Å². The van der Waals surface area contributed by atoms with Gasteiger partial charge in [-0.15, -0.1) is 0 Å². The van der Waals surface area contributed by atoms with Crippen LogP contribution in [0.4, 0.5) is 0 Å². The third kappa shape index (κ3) is 5.20. The van der Waals surface area contributed by atoms with Gasteiger partial charge in [0, 0.05) is 0 Å². The number of allylic oxidation sites excluding steroid dienone is 6. The fraction of sp³-hybridized carbons (Fsp3) is 0.0233. The van der Waals surface area contributed by atoms with Crippen LogP contribution in [-0.4, -0.2) is 0 Å². The van der Waals surface area contributed by atoms with Crippen molar-refractivity contribution in [3.63, 3.8) is 0 Å². The molecule has 0 unspecified atom stereocenters. The lowest BCUT2D eigenvalue weighted by atomic mass is 9.74. The quantitative estimate of drug-likeness (QED) is 0.194. The Bertz CT molecular complexity index is 1820. The predicted molar refractivity (Wildman–Crippen MR) is 184 cm³/mol. The topological polar surface area (TPSA) is 0 Å². The van der Waals surface area contributed by atoms with E-state index in [4.69, 9.17) is 0 Å². The molecule has 0 amide bonds. The van der Waals surface area contributed by atoms with Crippen LogP contribution in [-0.2, 0) is 0 Å². The Balaban J connectivity index is 1.81. The molecule has 1 aliphatic rings. The minimum atomic E-state index is 0.917. The lowest BCUT2D eigenvalue weighted by Gasteiger charge is -2.29. The van der Waals surface area contributed by atoms with Crippen LogP contribution in [0.3, 0.4) is 0 Å². The summed E-state index contributed by atoms with van der Waals surface area (Å²) < 4.78 is 0. The third-order valence-electron chi connectivity index (χ3n) is 8.08. The van der Waals surface area contributed by atoms with E-state index in [2.05, 4.69) is 182 Å². The van der Waals surface area contributed by atoms with Crippen LogP contribution in [0.25, 0.3) is 61.2 Å². The average Bonchev–Trinajstić information content (AvgIpc) is 3.38. The number of hydrogen-bond acceptors (Lipinski definition) is 0. The summed E-state index contributed by atoms with van der Waals surface area (Å²) in [6.07, 6.45) is 12.2. The normalized spacial score (nSPS) is 12.5. The van der Waals surface area contributed by atoms with Crippen LogP contribution in [0.2, 0.25) is 0 Å². The van der Waals surface area contributed by atoms with Gasteiger partial charge >= 0.3 is 0 Å². The second-order valence-corrected chi connectivity index (χ2v) is 10.8. The van der Waals surface area contributed by atoms with Crippen molar-refractivity contribution in [2.75, 3.05) is 0 Å². The molecule has 7 rings (SSSR count). The highest BCUT2D eigenvalue weighted by molar-refractivity contribution is 6.13. The van der Waals surface area contributed by atoms with Gasteiger partial charge in [0.25, 0.3) is 0 Å². The Morgan fingerprint density at radius 2 is 0.605 bits per heavy atom. The molecule has 0 saturated heterocycles. The van der Waals surface area contributed by atoms with Crippen molar-refractivity contribution < 1.29 is 0 Å². The minimum Gasteiger partial charge on any atom is -0.0807 e. The van der Waals surface area contributed by atoms with Crippen molar-refractivity contribution in [3.05, 3.63) is 188 Å². The van der Waals surface area contributed by atoms with Gasteiger partial charge in [0.15, 0.2) is 0 Å². The predicted octanol–water partition coefficient (Wildman–Crippen LogP) is 11.9. The Morgan fingerprint density at radius 3 is 0.930 bits per heavy atom. The smallest absolute Gasteiger partial charge is 0.00139 e. The summed E-state index contributed by atoms with van der Waals surface area (Å²) in [6, 6.07) is 54.6. The first-order valence-electron chi connectivity index (χ1n) is 14.9. The molecule has 0 nitrogen and oxygen atoms in total. The Kier molecular flexibility index (Phi) is 7.49. The molecule has 0 N–H and O–H groups in total. The van der Waals surface area contributed by atoms with Crippen LogP contribution in [0.5, 0.6) is 0 Å². The monoisotopic (exact) mass is 548 g/mol. The second-order valence-electron chi connectivity index (χ2n) is 10.8. The lowest BCUT2D eigenvalue weighted by Crippen LogP contribution is -2.03. The molecule has 6 aromatic rings. The third-order valence-corrected chi connectivity index (χ3v) is 8.08. The Labute approximate surface area is 254 Å². The van der Waals surface area contributed by atoms with Crippen LogP contribution in [0.1, 0.15) is 12.0 Å². The number of rotatable bonds is 6. The van der Waals surface area contributed by atoms with Crippen molar-refractivity contribution in [2.24, 2.45) is 0 Å². The van der Waals surface area contributed by atoms with Crippen molar-refractivity contribution >= 4 is 5.57 Å². The van der Waals surface area contributed by atoms with E-state index in [1.54, 1.807) is 0 Å². The van der Waals surface area contributed by atoms with Crippen molar-refractivity contribution in [1.29, 1.82) is 0 Å². The summed E-state index contributed by atoms with van der Waals surface area (Å²) in [5.74, 6) is 0. The molecule has 0 radical (unpaired) electrons. The molecule has 43 heavy (non-hydrogen) atoms. The van der Waals surface area contributed by atoms with Crippen molar-refractivity contribution in [2.45, 2.75) is 6.42 Å². The second kappa shape index (κ2) is 12.2. The zero-order valence-corrected chi connectivity index (χ0v) is 24.0. The summed E-state index contributed by atoms with van der Waals surface area (Å²) >= 11 is 0. The van der Waals surface area contributed by atoms with Gasteiger partial charge in [-0.3, -0.25) is 0 Å². The van der Waals surface area contributed by atoms with Crippen LogP contribution in [0.15, 0.2) is 182 Å². The molecule has 204 valence electrons. The highest BCUT2D eigenvalue weighted by atomic mass is 14.3. The Morgan fingerprint density at radius 1 is 0.302 bits per heavy atom. The van der Waals surface area contributed by atoms with Crippen LogP contribution in [0, 0.1) is 0 Å². The maximum absolute atomic E-state index is 2.31. The zero-order chi connectivity index (χ0) is 28.8.